The fourth-order valence-electron chi connectivity index (χ4n) is 2.01. The first-order valence-corrected chi connectivity index (χ1v) is 10.1. The van der Waals surface area contributed by atoms with Crippen molar-refractivity contribution >= 4 is 43.5 Å². The molecular formula is C17H16BrFN2O6S. The molecule has 0 aromatic heterocycles. The number of nitrogens with two attached hydrogens (primary N) is 1. The summed E-state index contributed by atoms with van der Waals surface area (Å²) in [5.74, 6) is -1.74. The van der Waals surface area contributed by atoms with Crippen molar-refractivity contribution in [1.82, 2.24) is 0 Å². The van der Waals surface area contributed by atoms with Crippen LogP contribution in [0.15, 0.2) is 51.8 Å². The van der Waals surface area contributed by atoms with Crippen LogP contribution in [-0.4, -0.2) is 33.0 Å². The Bertz CT molecular complexity index is 999. The first kappa shape index (κ1) is 21.8. The molecular weight excluding hydrogens is 459 g/mol. The first-order valence-electron chi connectivity index (χ1n) is 7.77. The number of esters is 1. The smallest absolute Gasteiger partial charge is 0.344 e. The quantitative estimate of drug-likeness (QED) is 0.592. The minimum Gasteiger partial charge on any atom is -0.481 e. The molecule has 0 unspecified atom stereocenters. The number of nitrogens with one attached hydrogen (secondary N) is 1. The lowest BCUT2D eigenvalue weighted by atomic mass is 10.3. The summed E-state index contributed by atoms with van der Waals surface area (Å²) in [6.45, 7) is 0.841. The van der Waals surface area contributed by atoms with Gasteiger partial charge in [-0.2, -0.15) is 0 Å². The zero-order chi connectivity index (χ0) is 20.9. The van der Waals surface area contributed by atoms with E-state index < -0.39 is 40.4 Å². The number of sulfonamides is 1. The third-order valence-corrected chi connectivity index (χ3v) is 4.88. The molecule has 0 heterocycles. The maximum absolute atomic E-state index is 13.0. The van der Waals surface area contributed by atoms with Gasteiger partial charge in [0.25, 0.3) is 5.91 Å². The molecule has 0 aliphatic heterocycles. The van der Waals surface area contributed by atoms with E-state index in [4.69, 9.17) is 14.6 Å². The zero-order valence-corrected chi connectivity index (χ0v) is 16.9. The van der Waals surface area contributed by atoms with E-state index in [1.165, 1.54) is 43.3 Å². The SMILES string of the molecule is C[C@H](OC(=O)COc1ccc(F)cc1Br)C(=O)Nc1cccc(S(N)(=O)=O)c1. The van der Waals surface area contributed by atoms with Gasteiger partial charge in [-0.05, 0) is 59.3 Å². The van der Waals surface area contributed by atoms with Gasteiger partial charge in [0.1, 0.15) is 11.6 Å². The minimum atomic E-state index is -3.92. The maximum Gasteiger partial charge on any atom is 0.344 e. The molecule has 0 radical (unpaired) electrons. The number of carbonyl (C=O) groups excluding carboxylic acids is 2. The third-order valence-electron chi connectivity index (χ3n) is 3.35. The van der Waals surface area contributed by atoms with Gasteiger partial charge in [-0.25, -0.2) is 22.7 Å². The Morgan fingerprint density at radius 3 is 2.61 bits per heavy atom. The van der Waals surface area contributed by atoms with E-state index in [-0.39, 0.29) is 16.3 Å². The number of rotatable bonds is 7. The highest BCUT2D eigenvalue weighted by Gasteiger charge is 2.19. The molecule has 8 nitrogen and oxygen atoms in total. The number of amides is 1. The van der Waals surface area contributed by atoms with E-state index in [9.17, 15) is 22.4 Å². The molecule has 150 valence electrons. The molecule has 0 aliphatic rings. The number of carbonyl (C=O) groups is 2. The summed E-state index contributed by atoms with van der Waals surface area (Å²) in [6.07, 6.45) is -1.18. The Balaban J connectivity index is 1.90. The molecule has 2 rings (SSSR count). The maximum atomic E-state index is 13.0. The lowest BCUT2D eigenvalue weighted by Gasteiger charge is -2.14. The van der Waals surface area contributed by atoms with Gasteiger partial charge in [0.15, 0.2) is 12.7 Å². The van der Waals surface area contributed by atoms with E-state index >= 15 is 0 Å². The summed E-state index contributed by atoms with van der Waals surface area (Å²) >= 11 is 3.10. The van der Waals surface area contributed by atoms with Crippen molar-refractivity contribution in [3.8, 4) is 5.75 Å². The second-order valence-electron chi connectivity index (χ2n) is 5.56. The topological polar surface area (TPSA) is 125 Å². The van der Waals surface area contributed by atoms with Crippen LogP contribution >= 0.6 is 15.9 Å². The van der Waals surface area contributed by atoms with Crippen molar-refractivity contribution in [3.63, 3.8) is 0 Å². The molecule has 2 aromatic carbocycles. The van der Waals surface area contributed by atoms with Crippen LogP contribution in [0.3, 0.4) is 0 Å². The van der Waals surface area contributed by atoms with E-state index in [0.29, 0.717) is 4.47 Å². The molecule has 1 atom stereocenters. The standard InChI is InChI=1S/C17H16BrFN2O6S/c1-10(17(23)21-12-3-2-4-13(8-12)28(20,24)25)27-16(22)9-26-15-6-5-11(19)7-14(15)18/h2-8,10H,9H2,1H3,(H,21,23)(H2,20,24,25)/t10-/m0/s1. The second-order valence-corrected chi connectivity index (χ2v) is 7.97. The van der Waals surface area contributed by atoms with Gasteiger partial charge in [-0.1, -0.05) is 6.07 Å². The normalized spacial score (nSPS) is 12.1. The Labute approximate surface area is 169 Å². The van der Waals surface area contributed by atoms with Crippen LogP contribution in [0.4, 0.5) is 10.1 Å². The van der Waals surface area contributed by atoms with E-state index in [1.807, 2.05) is 0 Å². The molecule has 3 N–H and O–H groups in total. The molecule has 0 saturated heterocycles. The summed E-state index contributed by atoms with van der Waals surface area (Å²) in [7, 11) is -3.92. The van der Waals surface area contributed by atoms with Crippen molar-refractivity contribution in [2.45, 2.75) is 17.9 Å². The number of halogens is 2. The number of hydrogen-bond acceptors (Lipinski definition) is 6. The number of ether oxygens (including phenoxy) is 2. The monoisotopic (exact) mass is 474 g/mol. The van der Waals surface area contributed by atoms with Gasteiger partial charge < -0.3 is 14.8 Å². The van der Waals surface area contributed by atoms with E-state index in [1.54, 1.807) is 0 Å². The van der Waals surface area contributed by atoms with Crippen molar-refractivity contribution in [2.24, 2.45) is 5.14 Å². The van der Waals surface area contributed by atoms with Gasteiger partial charge in [-0.3, -0.25) is 4.79 Å². The molecule has 0 fully saturated rings. The molecule has 0 saturated carbocycles. The second kappa shape index (κ2) is 9.13. The fraction of sp³-hybridized carbons (Fsp3) is 0.176. The lowest BCUT2D eigenvalue weighted by molar-refractivity contribution is -0.155. The van der Waals surface area contributed by atoms with E-state index in [2.05, 4.69) is 21.2 Å². The van der Waals surface area contributed by atoms with Gasteiger partial charge in [-0.15, -0.1) is 0 Å². The van der Waals surface area contributed by atoms with Crippen LogP contribution in [0.1, 0.15) is 6.92 Å². The summed E-state index contributed by atoms with van der Waals surface area (Å²) in [5.41, 5.74) is 0.172. The summed E-state index contributed by atoms with van der Waals surface area (Å²) in [4.78, 5) is 23.8. The van der Waals surface area contributed by atoms with Crippen LogP contribution in [-0.2, 0) is 24.3 Å². The largest absolute Gasteiger partial charge is 0.481 e. The number of primary sulfonamides is 1. The molecule has 1 amide bonds. The zero-order valence-electron chi connectivity index (χ0n) is 14.5. The first-order chi connectivity index (χ1) is 13.1. The Kier molecular flexibility index (Phi) is 7.11. The molecule has 2 aromatic rings. The summed E-state index contributed by atoms with van der Waals surface area (Å²) in [5, 5.41) is 7.46. The average molecular weight is 475 g/mol. The summed E-state index contributed by atoms with van der Waals surface area (Å²) < 4.78 is 46.2. The molecule has 0 bridgehead atoms. The van der Waals surface area contributed by atoms with Crippen LogP contribution in [0.25, 0.3) is 0 Å². The van der Waals surface area contributed by atoms with Gasteiger partial charge >= 0.3 is 5.97 Å². The van der Waals surface area contributed by atoms with Gasteiger partial charge in [0.05, 0.1) is 9.37 Å². The van der Waals surface area contributed by atoms with Crippen LogP contribution in [0.5, 0.6) is 5.75 Å². The van der Waals surface area contributed by atoms with Crippen molar-refractivity contribution in [1.29, 1.82) is 0 Å². The predicted octanol–water partition coefficient (Wildman–Crippen LogP) is 2.18. The van der Waals surface area contributed by atoms with Crippen LogP contribution in [0.2, 0.25) is 0 Å². The molecule has 28 heavy (non-hydrogen) atoms. The Morgan fingerprint density at radius 1 is 1.25 bits per heavy atom. The van der Waals surface area contributed by atoms with Crippen LogP contribution < -0.4 is 15.2 Å². The van der Waals surface area contributed by atoms with Gasteiger partial charge in [0.2, 0.25) is 10.0 Å². The van der Waals surface area contributed by atoms with E-state index in [0.717, 1.165) is 6.07 Å². The highest BCUT2D eigenvalue weighted by atomic mass is 79.9. The van der Waals surface area contributed by atoms with Crippen LogP contribution in [0, 0.1) is 5.82 Å². The number of benzene rings is 2. The lowest BCUT2D eigenvalue weighted by Crippen LogP contribution is -2.31. The Morgan fingerprint density at radius 2 is 1.96 bits per heavy atom. The highest BCUT2D eigenvalue weighted by Crippen LogP contribution is 2.25. The number of anilines is 1. The fourth-order valence-corrected chi connectivity index (χ4v) is 3.03. The molecule has 11 heteroatoms. The van der Waals surface area contributed by atoms with Crippen molar-refractivity contribution in [2.75, 3.05) is 11.9 Å². The van der Waals surface area contributed by atoms with Crippen molar-refractivity contribution < 1.29 is 31.9 Å². The molecule has 0 spiro atoms. The summed E-state index contributed by atoms with van der Waals surface area (Å²) in [6, 6.07) is 8.98. The van der Waals surface area contributed by atoms with Gasteiger partial charge in [0, 0.05) is 5.69 Å². The molecule has 0 aliphatic carbocycles. The van der Waals surface area contributed by atoms with Crippen molar-refractivity contribution in [3.05, 3.63) is 52.8 Å². The number of hydrogen-bond donors (Lipinski definition) is 2. The Hall–Kier alpha value is -2.50. The highest BCUT2D eigenvalue weighted by molar-refractivity contribution is 9.10. The minimum absolute atomic E-state index is 0.172. The average Bonchev–Trinajstić information content (AvgIpc) is 2.60. The third kappa shape index (κ3) is 6.29. The predicted molar refractivity (Wildman–Crippen MR) is 102 cm³/mol.